The molecule has 0 spiro atoms. The summed E-state index contributed by atoms with van der Waals surface area (Å²) in [6, 6.07) is 8.71. The number of carbonyl (C=O) groups is 3. The van der Waals surface area contributed by atoms with Crippen molar-refractivity contribution in [2.24, 2.45) is 5.92 Å². The topological polar surface area (TPSA) is 97.0 Å². The number of esters is 1. The zero-order valence-corrected chi connectivity index (χ0v) is 16.1. The minimum absolute atomic E-state index is 0.224. The molecule has 0 aliphatic carbocycles. The van der Waals surface area contributed by atoms with Gasteiger partial charge in [0.15, 0.2) is 12.2 Å². The number of amides is 2. The Morgan fingerprint density at radius 3 is 2.48 bits per heavy atom. The molecule has 1 saturated heterocycles. The number of epoxide rings is 1. The highest BCUT2D eigenvalue weighted by Crippen LogP contribution is 2.24. The lowest BCUT2D eigenvalue weighted by molar-refractivity contribution is -0.144. The second kappa shape index (κ2) is 10.1. The SMILES string of the molecule is CCOC(=O)[C@@H]1O[C@H]1C(=O)N[C@@H](Cc1ccccc1)C(=O)NCCC(C)C. The summed E-state index contributed by atoms with van der Waals surface area (Å²) in [6.45, 7) is 6.61. The predicted molar refractivity (Wildman–Crippen MR) is 99.8 cm³/mol. The van der Waals surface area contributed by atoms with Gasteiger partial charge in [-0.25, -0.2) is 4.79 Å². The molecule has 1 aromatic rings. The first kappa shape index (κ1) is 20.9. The van der Waals surface area contributed by atoms with Gasteiger partial charge in [-0.3, -0.25) is 9.59 Å². The molecule has 148 valence electrons. The van der Waals surface area contributed by atoms with Gasteiger partial charge >= 0.3 is 5.97 Å². The Kier molecular flexibility index (Phi) is 7.79. The minimum atomic E-state index is -0.897. The number of hydrogen-bond donors (Lipinski definition) is 2. The van der Waals surface area contributed by atoms with Gasteiger partial charge in [-0.15, -0.1) is 0 Å². The maximum atomic E-state index is 12.6. The molecule has 7 nitrogen and oxygen atoms in total. The van der Waals surface area contributed by atoms with E-state index in [1.54, 1.807) is 6.92 Å². The van der Waals surface area contributed by atoms with Gasteiger partial charge < -0.3 is 20.1 Å². The Morgan fingerprint density at radius 2 is 1.85 bits per heavy atom. The molecular weight excluding hydrogens is 348 g/mol. The molecule has 0 aromatic heterocycles. The number of hydrogen-bond acceptors (Lipinski definition) is 5. The van der Waals surface area contributed by atoms with E-state index in [0.717, 1.165) is 12.0 Å². The lowest BCUT2D eigenvalue weighted by atomic mass is 10.0. The first-order chi connectivity index (χ1) is 12.9. The zero-order chi connectivity index (χ0) is 19.8. The Balaban J connectivity index is 1.96. The number of nitrogens with one attached hydrogen (secondary N) is 2. The molecule has 7 heteroatoms. The van der Waals surface area contributed by atoms with Gasteiger partial charge in [0.1, 0.15) is 6.04 Å². The van der Waals surface area contributed by atoms with E-state index in [4.69, 9.17) is 9.47 Å². The third-order valence-corrected chi connectivity index (χ3v) is 4.21. The van der Waals surface area contributed by atoms with Crippen LogP contribution in [0.25, 0.3) is 0 Å². The standard InChI is InChI=1S/C20H28N2O5/c1-4-26-20(25)17-16(27-17)19(24)22-15(12-14-8-6-5-7-9-14)18(23)21-11-10-13(2)3/h5-9,13,15-17H,4,10-12H2,1-3H3,(H,21,23)(H,22,24)/t15-,16+,17+/m0/s1. The second-order valence-corrected chi connectivity index (χ2v) is 6.95. The minimum Gasteiger partial charge on any atom is -0.464 e. The van der Waals surface area contributed by atoms with Crippen LogP contribution in [0.4, 0.5) is 0 Å². The summed E-state index contributed by atoms with van der Waals surface area (Å²) < 4.78 is 9.96. The molecule has 27 heavy (non-hydrogen) atoms. The lowest BCUT2D eigenvalue weighted by Gasteiger charge is -2.18. The van der Waals surface area contributed by atoms with E-state index in [9.17, 15) is 14.4 Å². The van der Waals surface area contributed by atoms with Gasteiger partial charge in [-0.1, -0.05) is 44.2 Å². The van der Waals surface area contributed by atoms with Crippen LogP contribution in [0, 0.1) is 5.92 Å². The molecule has 2 amide bonds. The molecule has 0 radical (unpaired) electrons. The Morgan fingerprint density at radius 1 is 1.15 bits per heavy atom. The molecule has 0 unspecified atom stereocenters. The zero-order valence-electron chi connectivity index (χ0n) is 16.1. The maximum absolute atomic E-state index is 12.6. The van der Waals surface area contributed by atoms with Crippen molar-refractivity contribution >= 4 is 17.8 Å². The number of benzene rings is 1. The van der Waals surface area contributed by atoms with Crippen molar-refractivity contribution in [1.29, 1.82) is 0 Å². The first-order valence-corrected chi connectivity index (χ1v) is 9.36. The molecule has 2 rings (SSSR count). The molecule has 3 atom stereocenters. The fraction of sp³-hybridized carbons (Fsp3) is 0.550. The fourth-order valence-corrected chi connectivity index (χ4v) is 2.64. The average molecular weight is 376 g/mol. The summed E-state index contributed by atoms with van der Waals surface area (Å²) >= 11 is 0. The largest absolute Gasteiger partial charge is 0.464 e. The van der Waals surface area contributed by atoms with E-state index < -0.39 is 30.1 Å². The van der Waals surface area contributed by atoms with Crippen molar-refractivity contribution in [2.45, 2.75) is 51.9 Å². The number of ether oxygens (including phenoxy) is 2. The van der Waals surface area contributed by atoms with E-state index >= 15 is 0 Å². The van der Waals surface area contributed by atoms with Gasteiger partial charge in [0.05, 0.1) is 6.61 Å². The van der Waals surface area contributed by atoms with Gasteiger partial charge in [0.25, 0.3) is 5.91 Å². The van der Waals surface area contributed by atoms with E-state index in [2.05, 4.69) is 24.5 Å². The van der Waals surface area contributed by atoms with Crippen LogP contribution in [0.2, 0.25) is 0 Å². The molecule has 1 fully saturated rings. The summed E-state index contributed by atoms with van der Waals surface area (Å²) in [7, 11) is 0. The Hall–Kier alpha value is -2.41. The van der Waals surface area contributed by atoms with Crippen LogP contribution in [0.5, 0.6) is 0 Å². The smallest absolute Gasteiger partial charge is 0.338 e. The Labute approximate surface area is 159 Å². The normalized spacial score (nSPS) is 19.3. The van der Waals surface area contributed by atoms with Crippen LogP contribution >= 0.6 is 0 Å². The van der Waals surface area contributed by atoms with Gasteiger partial charge in [-0.05, 0) is 24.8 Å². The Bertz CT molecular complexity index is 647. The fourth-order valence-electron chi connectivity index (χ4n) is 2.64. The van der Waals surface area contributed by atoms with Crippen molar-refractivity contribution in [3.63, 3.8) is 0 Å². The van der Waals surface area contributed by atoms with Crippen LogP contribution in [-0.2, 0) is 30.3 Å². The van der Waals surface area contributed by atoms with Crippen LogP contribution in [0.15, 0.2) is 30.3 Å². The van der Waals surface area contributed by atoms with Crippen LogP contribution < -0.4 is 10.6 Å². The monoisotopic (exact) mass is 376 g/mol. The highest BCUT2D eigenvalue weighted by atomic mass is 16.6. The third kappa shape index (κ3) is 6.67. The summed E-state index contributed by atoms with van der Waals surface area (Å²) in [5.41, 5.74) is 0.931. The molecular formula is C20H28N2O5. The summed E-state index contributed by atoms with van der Waals surface area (Å²) in [5, 5.41) is 5.58. The van der Waals surface area contributed by atoms with Crippen molar-refractivity contribution in [2.75, 3.05) is 13.2 Å². The van der Waals surface area contributed by atoms with Gasteiger partial charge in [0, 0.05) is 13.0 Å². The van der Waals surface area contributed by atoms with Crippen LogP contribution in [-0.4, -0.2) is 49.2 Å². The lowest BCUT2D eigenvalue weighted by Crippen LogP contribution is -2.50. The number of carbonyl (C=O) groups excluding carboxylic acids is 3. The average Bonchev–Trinajstić information content (AvgIpc) is 3.43. The van der Waals surface area contributed by atoms with Crippen molar-refractivity contribution in [1.82, 2.24) is 10.6 Å². The molecule has 2 N–H and O–H groups in total. The van der Waals surface area contributed by atoms with Crippen molar-refractivity contribution in [3.05, 3.63) is 35.9 Å². The number of rotatable bonds is 10. The summed E-state index contributed by atoms with van der Waals surface area (Å²) in [4.78, 5) is 36.6. The van der Waals surface area contributed by atoms with Gasteiger partial charge in [0.2, 0.25) is 5.91 Å². The van der Waals surface area contributed by atoms with Gasteiger partial charge in [-0.2, -0.15) is 0 Å². The van der Waals surface area contributed by atoms with E-state index in [1.165, 1.54) is 0 Å². The predicted octanol–water partition coefficient (Wildman–Crippen LogP) is 1.21. The molecule has 1 aromatic carbocycles. The van der Waals surface area contributed by atoms with E-state index in [0.29, 0.717) is 18.9 Å². The molecule has 0 bridgehead atoms. The molecule has 1 aliphatic heterocycles. The van der Waals surface area contributed by atoms with Crippen LogP contribution in [0.3, 0.4) is 0 Å². The van der Waals surface area contributed by atoms with E-state index in [1.807, 2.05) is 30.3 Å². The maximum Gasteiger partial charge on any atom is 0.338 e. The highest BCUT2D eigenvalue weighted by molar-refractivity contribution is 5.95. The second-order valence-electron chi connectivity index (χ2n) is 6.95. The van der Waals surface area contributed by atoms with E-state index in [-0.39, 0.29) is 12.5 Å². The first-order valence-electron chi connectivity index (χ1n) is 9.36. The van der Waals surface area contributed by atoms with Crippen molar-refractivity contribution < 1.29 is 23.9 Å². The van der Waals surface area contributed by atoms with Crippen LogP contribution in [0.1, 0.15) is 32.8 Å². The summed E-state index contributed by atoms with van der Waals surface area (Å²) in [5.74, 6) is -0.814. The third-order valence-electron chi connectivity index (χ3n) is 4.21. The van der Waals surface area contributed by atoms with Crippen molar-refractivity contribution in [3.8, 4) is 0 Å². The molecule has 1 aliphatic rings. The molecule has 0 saturated carbocycles. The quantitative estimate of drug-likeness (QED) is 0.473. The summed E-state index contributed by atoms with van der Waals surface area (Å²) in [6.07, 6.45) is -0.567. The highest BCUT2D eigenvalue weighted by Gasteiger charge is 2.52. The molecule has 1 heterocycles.